The molecule has 5 rings (SSSR count). The lowest BCUT2D eigenvalue weighted by atomic mass is 10.1. The van der Waals surface area contributed by atoms with Gasteiger partial charge in [0.1, 0.15) is 35.6 Å². The lowest BCUT2D eigenvalue weighted by Gasteiger charge is -2.34. The zero-order valence-electron chi connectivity index (χ0n) is 18.2. The third-order valence-electron chi connectivity index (χ3n) is 5.98. The summed E-state index contributed by atoms with van der Waals surface area (Å²) < 4.78 is 7.84. The Morgan fingerprint density at radius 1 is 1.09 bits per heavy atom. The lowest BCUT2D eigenvalue weighted by Crippen LogP contribution is -2.42. The van der Waals surface area contributed by atoms with Crippen molar-refractivity contribution in [3.63, 3.8) is 0 Å². The molecule has 2 aromatic heterocycles. The molecule has 1 aliphatic heterocycles. The number of likely N-dealkylation sites (tertiary alicyclic amines) is 1. The number of nitrogens with zero attached hydrogens (tertiary/aromatic N) is 5. The van der Waals surface area contributed by atoms with E-state index in [1.165, 1.54) is 6.33 Å². The van der Waals surface area contributed by atoms with Crippen molar-refractivity contribution in [3.05, 3.63) is 73.6 Å². The van der Waals surface area contributed by atoms with E-state index in [-0.39, 0.29) is 6.04 Å². The van der Waals surface area contributed by atoms with E-state index in [1.54, 1.807) is 6.08 Å². The quantitative estimate of drug-likeness (QED) is 0.435. The van der Waals surface area contributed by atoms with Gasteiger partial charge in [0.25, 0.3) is 0 Å². The van der Waals surface area contributed by atoms with E-state index in [2.05, 4.69) is 16.5 Å². The average Bonchev–Trinajstić information content (AvgIpc) is 3.26. The third kappa shape index (κ3) is 4.18. The Balaban J connectivity index is 1.49. The van der Waals surface area contributed by atoms with E-state index in [0.29, 0.717) is 18.0 Å². The number of hydrogen-bond acceptors (Lipinski definition) is 7. The highest BCUT2D eigenvalue weighted by molar-refractivity contribution is 5.98. The van der Waals surface area contributed by atoms with Gasteiger partial charge in [0.2, 0.25) is 0 Å². The Hall–Kier alpha value is -3.75. The predicted octanol–water partition coefficient (Wildman–Crippen LogP) is 4.01. The Labute approximate surface area is 192 Å². The van der Waals surface area contributed by atoms with Crippen molar-refractivity contribution in [1.82, 2.24) is 24.6 Å². The molecule has 1 unspecified atom stereocenters. The molecule has 0 bridgehead atoms. The Morgan fingerprint density at radius 3 is 2.61 bits per heavy atom. The van der Waals surface area contributed by atoms with E-state index in [9.17, 15) is 5.11 Å². The van der Waals surface area contributed by atoms with Crippen LogP contribution in [0.15, 0.2) is 73.6 Å². The van der Waals surface area contributed by atoms with Gasteiger partial charge in [-0.2, -0.15) is 5.10 Å². The maximum atomic E-state index is 10.2. The van der Waals surface area contributed by atoms with Crippen LogP contribution in [0.4, 0.5) is 5.82 Å². The lowest BCUT2D eigenvalue weighted by molar-refractivity contribution is 0.0127. The average molecular weight is 443 g/mol. The summed E-state index contributed by atoms with van der Waals surface area (Å²) in [7, 11) is 0. The van der Waals surface area contributed by atoms with E-state index in [0.717, 1.165) is 47.5 Å². The van der Waals surface area contributed by atoms with Crippen LogP contribution in [0.3, 0.4) is 0 Å². The van der Waals surface area contributed by atoms with Gasteiger partial charge in [0, 0.05) is 18.7 Å². The molecule has 8 heteroatoms. The Bertz CT molecular complexity index is 1260. The molecular weight excluding hydrogens is 416 g/mol. The molecule has 4 aromatic rings. The van der Waals surface area contributed by atoms with Gasteiger partial charge in [-0.15, -0.1) is 0 Å². The summed E-state index contributed by atoms with van der Waals surface area (Å²) in [6, 6.07) is 17.5. The van der Waals surface area contributed by atoms with E-state index < -0.39 is 6.23 Å². The number of benzene rings is 2. The maximum Gasteiger partial charge on any atom is 0.164 e. The molecule has 3 N–H and O–H groups in total. The van der Waals surface area contributed by atoms with Crippen molar-refractivity contribution in [3.8, 4) is 22.8 Å². The minimum Gasteiger partial charge on any atom is -0.457 e. The minimum atomic E-state index is -0.675. The molecule has 0 aliphatic carbocycles. The number of nitrogens with two attached hydrogens (primary N) is 1. The van der Waals surface area contributed by atoms with Gasteiger partial charge in [0.05, 0.1) is 11.4 Å². The molecule has 1 fully saturated rings. The third-order valence-corrected chi connectivity index (χ3v) is 5.98. The molecule has 0 spiro atoms. The molecule has 2 aromatic carbocycles. The summed E-state index contributed by atoms with van der Waals surface area (Å²) in [5.74, 6) is 1.91. The van der Waals surface area contributed by atoms with Crippen molar-refractivity contribution in [2.45, 2.75) is 25.1 Å². The largest absolute Gasteiger partial charge is 0.457 e. The number of fused-ring (bicyclic) bond motifs is 1. The number of aliphatic hydroxyl groups excluding tert-OH is 1. The van der Waals surface area contributed by atoms with E-state index in [4.69, 9.17) is 15.6 Å². The molecule has 8 nitrogen and oxygen atoms in total. The second kappa shape index (κ2) is 9.01. The van der Waals surface area contributed by atoms with Crippen molar-refractivity contribution >= 4 is 16.9 Å². The highest BCUT2D eigenvalue weighted by Gasteiger charge is 2.28. The van der Waals surface area contributed by atoms with Gasteiger partial charge in [-0.05, 0) is 55.3 Å². The Morgan fingerprint density at radius 2 is 1.85 bits per heavy atom. The molecule has 1 saturated heterocycles. The number of ether oxygens (including phenoxy) is 1. The summed E-state index contributed by atoms with van der Waals surface area (Å²) in [4.78, 5) is 10.7. The van der Waals surface area contributed by atoms with Crippen LogP contribution < -0.4 is 10.5 Å². The highest BCUT2D eigenvalue weighted by Crippen LogP contribution is 2.35. The monoisotopic (exact) mass is 442 g/mol. The first-order valence-corrected chi connectivity index (χ1v) is 11.0. The standard InChI is InChI=1S/C25H26N6O2/c1-2-21(32)30-14-6-7-18(15-30)31-25-22(24(26)27-16-28-25)23(29-31)17-10-12-20(13-11-17)33-19-8-4-3-5-9-19/h2-5,8-13,16,18,21,32H,1,6-7,14-15H2,(H2,26,27,28)/t18-,21?/m1/s1. The van der Waals surface area contributed by atoms with E-state index >= 15 is 0 Å². The van der Waals surface area contributed by atoms with Crippen LogP contribution in [0.1, 0.15) is 18.9 Å². The van der Waals surface area contributed by atoms with Crippen molar-refractivity contribution in [2.75, 3.05) is 18.8 Å². The molecular formula is C25H26N6O2. The number of aliphatic hydroxyl groups is 1. The predicted molar refractivity (Wildman–Crippen MR) is 128 cm³/mol. The minimum absolute atomic E-state index is 0.0552. The second-order valence-corrected chi connectivity index (χ2v) is 8.13. The summed E-state index contributed by atoms with van der Waals surface area (Å²) in [5, 5.41) is 15.9. The molecule has 2 atom stereocenters. The zero-order valence-corrected chi connectivity index (χ0v) is 18.2. The number of hydrogen-bond donors (Lipinski definition) is 2. The molecule has 33 heavy (non-hydrogen) atoms. The number of anilines is 1. The number of para-hydroxylation sites is 1. The SMILES string of the molecule is C=CC(O)N1CCC[C@@H](n2nc(-c3ccc(Oc4ccccc4)cc3)c3c(N)ncnc32)C1. The summed E-state index contributed by atoms with van der Waals surface area (Å²) in [6.07, 6.45) is 4.22. The summed E-state index contributed by atoms with van der Waals surface area (Å²) in [6.45, 7) is 5.18. The van der Waals surface area contributed by atoms with Gasteiger partial charge in [-0.25, -0.2) is 14.6 Å². The summed E-state index contributed by atoms with van der Waals surface area (Å²) >= 11 is 0. The smallest absolute Gasteiger partial charge is 0.164 e. The van der Waals surface area contributed by atoms with Crippen LogP contribution in [0.5, 0.6) is 11.5 Å². The first kappa shape index (κ1) is 21.1. The fourth-order valence-corrected chi connectivity index (χ4v) is 4.33. The highest BCUT2D eigenvalue weighted by atomic mass is 16.5. The van der Waals surface area contributed by atoms with Crippen LogP contribution in [0, 0.1) is 0 Å². The van der Waals surface area contributed by atoms with Crippen molar-refractivity contribution < 1.29 is 9.84 Å². The molecule has 0 saturated carbocycles. The first-order chi connectivity index (χ1) is 16.1. The Kier molecular flexibility index (Phi) is 5.77. The van der Waals surface area contributed by atoms with Crippen LogP contribution in [-0.4, -0.2) is 49.1 Å². The van der Waals surface area contributed by atoms with Gasteiger partial charge >= 0.3 is 0 Å². The zero-order chi connectivity index (χ0) is 22.8. The van der Waals surface area contributed by atoms with Gasteiger partial charge < -0.3 is 15.6 Å². The van der Waals surface area contributed by atoms with Gasteiger partial charge in [0.15, 0.2) is 5.65 Å². The fourth-order valence-electron chi connectivity index (χ4n) is 4.33. The van der Waals surface area contributed by atoms with Crippen LogP contribution in [-0.2, 0) is 0 Å². The van der Waals surface area contributed by atoms with Crippen molar-refractivity contribution in [1.29, 1.82) is 0 Å². The van der Waals surface area contributed by atoms with Crippen LogP contribution >= 0.6 is 0 Å². The van der Waals surface area contributed by atoms with E-state index in [1.807, 2.05) is 64.2 Å². The maximum absolute atomic E-state index is 10.2. The normalized spacial score (nSPS) is 17.7. The van der Waals surface area contributed by atoms with Gasteiger partial charge in [-0.3, -0.25) is 4.90 Å². The number of piperidine rings is 1. The topological polar surface area (TPSA) is 102 Å². The molecule has 0 radical (unpaired) electrons. The second-order valence-electron chi connectivity index (χ2n) is 8.13. The van der Waals surface area contributed by atoms with Crippen molar-refractivity contribution in [2.24, 2.45) is 0 Å². The fraction of sp³-hybridized carbons (Fsp3) is 0.240. The number of rotatable bonds is 6. The molecule has 1 aliphatic rings. The molecule has 168 valence electrons. The first-order valence-electron chi connectivity index (χ1n) is 11.0. The molecule has 0 amide bonds. The van der Waals surface area contributed by atoms with Crippen LogP contribution in [0.25, 0.3) is 22.3 Å². The van der Waals surface area contributed by atoms with Gasteiger partial charge in [-0.1, -0.05) is 24.8 Å². The summed E-state index contributed by atoms with van der Waals surface area (Å²) in [5.41, 5.74) is 8.60. The number of nitrogen functional groups attached to an aromatic ring is 1. The number of aromatic nitrogens is 4. The molecule has 3 heterocycles. The van der Waals surface area contributed by atoms with Crippen LogP contribution in [0.2, 0.25) is 0 Å².